The number of nitrogens with one attached hydrogen (secondary N) is 1. The van der Waals surface area contributed by atoms with E-state index in [9.17, 15) is 4.79 Å². The molecule has 4 rings (SSSR count). The molecule has 0 aliphatic carbocycles. The van der Waals surface area contributed by atoms with Gasteiger partial charge in [-0.1, -0.05) is 6.07 Å². The van der Waals surface area contributed by atoms with Gasteiger partial charge in [0, 0.05) is 43.3 Å². The number of hydrogen-bond acceptors (Lipinski definition) is 7. The topological polar surface area (TPSA) is 93.1 Å². The molecule has 28 heavy (non-hydrogen) atoms. The van der Waals surface area contributed by atoms with Gasteiger partial charge in [-0.15, -0.1) is 0 Å². The molecule has 0 spiro atoms. The summed E-state index contributed by atoms with van der Waals surface area (Å²) in [6.07, 6.45) is 6.27. The average molecular weight is 376 g/mol. The van der Waals surface area contributed by atoms with Crippen molar-refractivity contribution in [3.63, 3.8) is 0 Å². The molecule has 8 nitrogen and oxygen atoms in total. The minimum atomic E-state index is -0.284. The van der Waals surface area contributed by atoms with E-state index in [-0.39, 0.29) is 12.0 Å². The van der Waals surface area contributed by atoms with Crippen LogP contribution in [0, 0.1) is 0 Å². The summed E-state index contributed by atoms with van der Waals surface area (Å²) in [6, 6.07) is 9.22. The lowest BCUT2D eigenvalue weighted by atomic mass is 10.1. The molecule has 1 aliphatic rings. The lowest BCUT2D eigenvalue weighted by Gasteiger charge is -2.33. The fourth-order valence-electron chi connectivity index (χ4n) is 3.12. The largest absolute Gasteiger partial charge is 0.373 e. The van der Waals surface area contributed by atoms with E-state index in [4.69, 9.17) is 9.72 Å². The maximum Gasteiger partial charge on any atom is 0.254 e. The molecule has 3 aromatic heterocycles. The number of pyridine rings is 2. The van der Waals surface area contributed by atoms with Crippen molar-refractivity contribution in [2.75, 3.05) is 32.1 Å². The number of carbonyl (C=O) groups excluding carboxylic acids is 1. The molecule has 1 atom stereocenters. The molecule has 1 aliphatic heterocycles. The number of nitrogens with zero attached hydrogens (tertiary/aromatic N) is 5. The van der Waals surface area contributed by atoms with Crippen LogP contribution in [0.4, 0.5) is 5.82 Å². The molecular formula is C20H20N6O2. The van der Waals surface area contributed by atoms with Gasteiger partial charge in [-0.3, -0.25) is 4.79 Å². The first-order chi connectivity index (χ1) is 13.7. The first-order valence-corrected chi connectivity index (χ1v) is 9.01. The van der Waals surface area contributed by atoms with Gasteiger partial charge in [0.1, 0.15) is 18.2 Å². The fourth-order valence-corrected chi connectivity index (χ4v) is 3.12. The van der Waals surface area contributed by atoms with Crippen molar-refractivity contribution in [3.8, 4) is 11.3 Å². The number of carbonyl (C=O) groups is 1. The van der Waals surface area contributed by atoms with E-state index in [1.54, 1.807) is 42.7 Å². The van der Waals surface area contributed by atoms with Gasteiger partial charge in [0.2, 0.25) is 0 Å². The predicted molar refractivity (Wildman–Crippen MR) is 104 cm³/mol. The summed E-state index contributed by atoms with van der Waals surface area (Å²) in [5.41, 5.74) is 3.00. The second kappa shape index (κ2) is 8.10. The van der Waals surface area contributed by atoms with E-state index in [1.165, 1.54) is 6.33 Å². The molecule has 1 saturated heterocycles. The van der Waals surface area contributed by atoms with Crippen LogP contribution >= 0.6 is 0 Å². The summed E-state index contributed by atoms with van der Waals surface area (Å²) in [4.78, 5) is 31.6. The summed E-state index contributed by atoms with van der Waals surface area (Å²) in [7, 11) is 1.78. The van der Waals surface area contributed by atoms with Crippen molar-refractivity contribution in [2.45, 2.75) is 6.10 Å². The first kappa shape index (κ1) is 18.0. The van der Waals surface area contributed by atoms with Crippen molar-refractivity contribution < 1.29 is 9.53 Å². The van der Waals surface area contributed by atoms with E-state index >= 15 is 0 Å². The zero-order valence-electron chi connectivity index (χ0n) is 15.4. The number of morpholine rings is 1. The van der Waals surface area contributed by atoms with Gasteiger partial charge in [0.25, 0.3) is 5.91 Å². The van der Waals surface area contributed by atoms with Gasteiger partial charge in [0.15, 0.2) is 0 Å². The molecule has 1 unspecified atom stereocenters. The number of anilines is 1. The Morgan fingerprint density at radius 2 is 2.11 bits per heavy atom. The minimum absolute atomic E-state index is 0.0418. The third-order valence-electron chi connectivity index (χ3n) is 4.57. The lowest BCUT2D eigenvalue weighted by Crippen LogP contribution is -2.42. The monoisotopic (exact) mass is 376 g/mol. The maximum atomic E-state index is 12.9. The third-order valence-corrected chi connectivity index (χ3v) is 4.57. The highest BCUT2D eigenvalue weighted by molar-refractivity contribution is 5.94. The van der Waals surface area contributed by atoms with Crippen LogP contribution in [0.2, 0.25) is 0 Å². The van der Waals surface area contributed by atoms with E-state index in [0.717, 1.165) is 17.0 Å². The number of rotatable bonds is 4. The number of ether oxygens (including phenoxy) is 1. The molecule has 3 aromatic rings. The highest BCUT2D eigenvalue weighted by atomic mass is 16.5. The SMILES string of the molecule is CNc1cc(C(=O)N2CCOC(c3cccc(-c4cncnc4)n3)C2)ccn1. The van der Waals surface area contributed by atoms with Crippen LogP contribution in [-0.4, -0.2) is 57.5 Å². The van der Waals surface area contributed by atoms with E-state index in [0.29, 0.717) is 31.1 Å². The zero-order chi connectivity index (χ0) is 19.3. The number of amides is 1. The first-order valence-electron chi connectivity index (χ1n) is 9.01. The standard InChI is InChI=1S/C20H20N6O2/c1-21-19-9-14(5-6-24-19)20(27)26-7-8-28-18(12-26)17-4-2-3-16(25-17)15-10-22-13-23-11-15/h2-6,9-11,13,18H,7-8,12H2,1H3,(H,21,24). The Hall–Kier alpha value is -3.39. The zero-order valence-corrected chi connectivity index (χ0v) is 15.4. The number of aromatic nitrogens is 4. The Kier molecular flexibility index (Phi) is 5.20. The molecule has 0 aromatic carbocycles. The normalized spacial score (nSPS) is 16.6. The molecule has 0 saturated carbocycles. The second-order valence-electron chi connectivity index (χ2n) is 6.37. The van der Waals surface area contributed by atoms with Gasteiger partial charge in [-0.2, -0.15) is 0 Å². The van der Waals surface area contributed by atoms with Gasteiger partial charge in [-0.05, 0) is 24.3 Å². The molecule has 1 fully saturated rings. The van der Waals surface area contributed by atoms with Gasteiger partial charge < -0.3 is 15.0 Å². The van der Waals surface area contributed by atoms with Gasteiger partial charge >= 0.3 is 0 Å². The van der Waals surface area contributed by atoms with Crippen molar-refractivity contribution in [3.05, 3.63) is 66.5 Å². The molecular weight excluding hydrogens is 356 g/mol. The average Bonchev–Trinajstić information content (AvgIpc) is 2.79. The van der Waals surface area contributed by atoms with Crippen LogP contribution < -0.4 is 5.32 Å². The summed E-state index contributed by atoms with van der Waals surface area (Å²) in [5.74, 6) is 0.620. The Bertz CT molecular complexity index is 966. The minimum Gasteiger partial charge on any atom is -0.373 e. The Morgan fingerprint density at radius 3 is 2.93 bits per heavy atom. The maximum absolute atomic E-state index is 12.9. The quantitative estimate of drug-likeness (QED) is 0.746. The Morgan fingerprint density at radius 1 is 1.25 bits per heavy atom. The Balaban J connectivity index is 1.53. The third kappa shape index (κ3) is 3.81. The van der Waals surface area contributed by atoms with Crippen molar-refractivity contribution >= 4 is 11.7 Å². The molecule has 8 heteroatoms. The van der Waals surface area contributed by atoms with Crippen LogP contribution in [0.3, 0.4) is 0 Å². The molecule has 1 amide bonds. The molecule has 142 valence electrons. The van der Waals surface area contributed by atoms with Crippen molar-refractivity contribution in [1.82, 2.24) is 24.8 Å². The van der Waals surface area contributed by atoms with Crippen LogP contribution in [-0.2, 0) is 4.74 Å². The smallest absolute Gasteiger partial charge is 0.254 e. The van der Waals surface area contributed by atoms with E-state index in [2.05, 4.69) is 20.3 Å². The summed E-state index contributed by atoms with van der Waals surface area (Å²) >= 11 is 0. The fraction of sp³-hybridized carbons (Fsp3) is 0.250. The summed E-state index contributed by atoms with van der Waals surface area (Å²) in [6.45, 7) is 1.44. The summed E-state index contributed by atoms with van der Waals surface area (Å²) in [5, 5.41) is 2.95. The van der Waals surface area contributed by atoms with E-state index in [1.807, 2.05) is 18.2 Å². The van der Waals surface area contributed by atoms with Crippen LogP contribution in [0.15, 0.2) is 55.2 Å². The second-order valence-corrected chi connectivity index (χ2v) is 6.37. The highest BCUT2D eigenvalue weighted by Gasteiger charge is 2.27. The van der Waals surface area contributed by atoms with Crippen molar-refractivity contribution in [1.29, 1.82) is 0 Å². The predicted octanol–water partition coefficient (Wildman–Crippen LogP) is 2.19. The van der Waals surface area contributed by atoms with Gasteiger partial charge in [0.05, 0.1) is 24.5 Å². The molecule has 1 N–H and O–H groups in total. The summed E-state index contributed by atoms with van der Waals surface area (Å²) < 4.78 is 5.90. The Labute approximate surface area is 162 Å². The van der Waals surface area contributed by atoms with Crippen LogP contribution in [0.1, 0.15) is 22.2 Å². The lowest BCUT2D eigenvalue weighted by molar-refractivity contribution is -0.0246. The van der Waals surface area contributed by atoms with Crippen LogP contribution in [0.25, 0.3) is 11.3 Å². The highest BCUT2D eigenvalue weighted by Crippen LogP contribution is 2.24. The van der Waals surface area contributed by atoms with Gasteiger partial charge in [-0.25, -0.2) is 19.9 Å². The molecule has 0 bridgehead atoms. The van der Waals surface area contributed by atoms with E-state index < -0.39 is 0 Å². The molecule has 0 radical (unpaired) electrons. The van der Waals surface area contributed by atoms with Crippen LogP contribution in [0.5, 0.6) is 0 Å². The van der Waals surface area contributed by atoms with Crippen molar-refractivity contribution in [2.24, 2.45) is 0 Å². The molecule has 4 heterocycles. The number of hydrogen-bond donors (Lipinski definition) is 1.